The smallest absolute Gasteiger partial charge is 0.275 e. The van der Waals surface area contributed by atoms with Crippen LogP contribution in [0.2, 0.25) is 0 Å². The summed E-state index contributed by atoms with van der Waals surface area (Å²) < 4.78 is 58.0. The third-order valence-electron chi connectivity index (χ3n) is 1.65. The van der Waals surface area contributed by atoms with E-state index in [2.05, 4.69) is 0 Å². The largest absolute Gasteiger partial charge is 0.416 e. The molecule has 0 aliphatic carbocycles. The molecule has 0 saturated heterocycles. The lowest BCUT2D eigenvalue weighted by Crippen LogP contribution is -2.11. The molecule has 0 unspecified atom stereocenters. The maximum absolute atomic E-state index is 12.2. The van der Waals surface area contributed by atoms with Crippen molar-refractivity contribution < 1.29 is 26.4 Å². The number of alkyl halides is 3. The normalized spacial score (nSPS) is 12.5. The van der Waals surface area contributed by atoms with E-state index in [4.69, 9.17) is 10.7 Å². The Bertz CT molecular complexity index is 522. The molecule has 0 aromatic heterocycles. The lowest BCUT2D eigenvalue weighted by Gasteiger charge is -2.06. The highest BCUT2D eigenvalue weighted by Gasteiger charge is 2.32. The summed E-state index contributed by atoms with van der Waals surface area (Å²) in [4.78, 5) is 11.1. The zero-order chi connectivity index (χ0) is 12.6. The molecule has 1 aromatic carbocycles. The van der Waals surface area contributed by atoms with Crippen LogP contribution in [0.4, 0.5) is 13.2 Å². The van der Waals surface area contributed by atoms with Gasteiger partial charge in [-0.1, -0.05) is 12.1 Å². The lowest BCUT2D eigenvalue weighted by molar-refractivity contribution is -0.137. The fourth-order valence-corrected chi connectivity index (χ4v) is 1.64. The van der Waals surface area contributed by atoms with Crippen molar-refractivity contribution in [2.24, 2.45) is 0 Å². The van der Waals surface area contributed by atoms with E-state index in [-0.39, 0.29) is 0 Å². The summed E-state index contributed by atoms with van der Waals surface area (Å²) in [5.41, 5.74) is -1.73. The fourth-order valence-electron chi connectivity index (χ4n) is 0.963. The first kappa shape index (κ1) is 13.0. The van der Waals surface area contributed by atoms with Gasteiger partial charge in [0.2, 0.25) is 0 Å². The quantitative estimate of drug-likeness (QED) is 0.738. The van der Waals surface area contributed by atoms with Crippen molar-refractivity contribution >= 4 is 24.8 Å². The Labute approximate surface area is 93.3 Å². The van der Waals surface area contributed by atoms with Crippen molar-refractivity contribution in [3.05, 3.63) is 35.4 Å². The molecule has 0 spiro atoms. The maximum atomic E-state index is 12.2. The van der Waals surface area contributed by atoms with Gasteiger partial charge in [0.25, 0.3) is 14.2 Å². The molecule has 3 nitrogen and oxygen atoms in total. The molecule has 1 aromatic rings. The number of halogens is 4. The minimum Gasteiger partial charge on any atom is -0.275 e. The van der Waals surface area contributed by atoms with Crippen LogP contribution in [0.5, 0.6) is 0 Å². The first-order valence-corrected chi connectivity index (χ1v) is 6.09. The third-order valence-corrected chi connectivity index (χ3v) is 2.75. The Hall–Kier alpha value is -1.08. The minimum atomic E-state index is -4.65. The van der Waals surface area contributed by atoms with Crippen LogP contribution >= 0.6 is 10.7 Å². The van der Waals surface area contributed by atoms with E-state index in [1.54, 1.807) is 0 Å². The van der Waals surface area contributed by atoms with Gasteiger partial charge in [-0.3, -0.25) is 4.79 Å². The van der Waals surface area contributed by atoms with Gasteiger partial charge in [0, 0.05) is 16.2 Å². The lowest BCUT2D eigenvalue weighted by atomic mass is 10.1. The van der Waals surface area contributed by atoms with E-state index in [9.17, 15) is 26.4 Å². The number of rotatable bonds is 1. The van der Waals surface area contributed by atoms with E-state index < -0.39 is 31.5 Å². The summed E-state index contributed by atoms with van der Waals surface area (Å²) in [5, 5.41) is -1.56. The van der Waals surface area contributed by atoms with Gasteiger partial charge in [0.05, 0.1) is 5.56 Å². The predicted octanol–water partition coefficient (Wildman–Crippen LogP) is 2.41. The molecule has 0 radical (unpaired) electrons. The van der Waals surface area contributed by atoms with Gasteiger partial charge in [-0.05, 0) is 12.1 Å². The van der Waals surface area contributed by atoms with Crippen molar-refractivity contribution in [1.29, 1.82) is 0 Å². The van der Waals surface area contributed by atoms with Crippen LogP contribution in [0.15, 0.2) is 24.3 Å². The highest BCUT2D eigenvalue weighted by Crippen LogP contribution is 2.29. The Kier molecular flexibility index (Phi) is 3.30. The van der Waals surface area contributed by atoms with Crippen LogP contribution in [0, 0.1) is 0 Å². The van der Waals surface area contributed by atoms with Gasteiger partial charge < -0.3 is 0 Å². The first-order valence-electron chi connectivity index (χ1n) is 3.78. The molecule has 0 saturated carbocycles. The zero-order valence-corrected chi connectivity index (χ0v) is 9.03. The highest BCUT2D eigenvalue weighted by molar-refractivity contribution is 8.25. The standard InChI is InChI=1S/C8H4ClF3O3S/c9-16(14,15)7(13)5-2-1-3-6(4-5)8(10,11)12/h1-4H. The van der Waals surface area contributed by atoms with Crippen molar-refractivity contribution in [2.45, 2.75) is 6.18 Å². The average molecular weight is 273 g/mol. The van der Waals surface area contributed by atoms with E-state index in [1.165, 1.54) is 0 Å². The number of hydrogen-bond acceptors (Lipinski definition) is 3. The number of hydrogen-bond donors (Lipinski definition) is 0. The van der Waals surface area contributed by atoms with Gasteiger partial charge in [0.1, 0.15) is 0 Å². The summed E-state index contributed by atoms with van der Waals surface area (Å²) in [6, 6.07) is 3.02. The van der Waals surface area contributed by atoms with Crippen LogP contribution in [-0.4, -0.2) is 13.5 Å². The van der Waals surface area contributed by atoms with Gasteiger partial charge in [-0.25, -0.2) is 8.42 Å². The molecule has 16 heavy (non-hydrogen) atoms. The van der Waals surface area contributed by atoms with Crippen LogP contribution < -0.4 is 0 Å². The Morgan fingerprint density at radius 1 is 1.25 bits per heavy atom. The molecule has 0 bridgehead atoms. The molecular formula is C8H4ClF3O3S. The van der Waals surface area contributed by atoms with E-state index >= 15 is 0 Å². The van der Waals surface area contributed by atoms with E-state index in [1.807, 2.05) is 0 Å². The third kappa shape index (κ3) is 2.96. The first-order chi connectivity index (χ1) is 7.12. The molecule has 0 aliphatic heterocycles. The number of carbonyl (C=O) groups is 1. The molecule has 0 fully saturated rings. The van der Waals surface area contributed by atoms with Gasteiger partial charge in [0.15, 0.2) is 0 Å². The molecule has 0 heterocycles. The topological polar surface area (TPSA) is 51.2 Å². The molecule has 0 aliphatic rings. The second-order valence-electron chi connectivity index (χ2n) is 2.80. The number of benzene rings is 1. The van der Waals surface area contributed by atoms with Gasteiger partial charge in [-0.15, -0.1) is 0 Å². The van der Waals surface area contributed by atoms with E-state index in [0.29, 0.717) is 6.07 Å². The Balaban J connectivity index is 3.25. The number of carbonyl (C=O) groups excluding carboxylic acids is 1. The van der Waals surface area contributed by atoms with Crippen LogP contribution in [-0.2, 0) is 15.2 Å². The molecule has 1 rings (SSSR count). The SMILES string of the molecule is O=C(c1cccc(C(F)(F)F)c1)S(=O)(=O)Cl. The molecule has 8 heteroatoms. The van der Waals surface area contributed by atoms with Crippen LogP contribution in [0.3, 0.4) is 0 Å². The van der Waals surface area contributed by atoms with Crippen molar-refractivity contribution in [2.75, 3.05) is 0 Å². The van der Waals surface area contributed by atoms with Crippen LogP contribution in [0.1, 0.15) is 15.9 Å². The van der Waals surface area contributed by atoms with E-state index in [0.717, 1.165) is 18.2 Å². The van der Waals surface area contributed by atoms with Crippen LogP contribution in [0.25, 0.3) is 0 Å². The summed E-state index contributed by atoms with van der Waals surface area (Å²) in [7, 11) is 0.174. The second kappa shape index (κ2) is 4.06. The van der Waals surface area contributed by atoms with Gasteiger partial charge in [-0.2, -0.15) is 13.2 Å². The summed E-state index contributed by atoms with van der Waals surface area (Å²) in [6.07, 6.45) is -4.65. The van der Waals surface area contributed by atoms with Crippen molar-refractivity contribution in [3.8, 4) is 0 Å². The highest BCUT2D eigenvalue weighted by atomic mass is 35.7. The maximum Gasteiger partial charge on any atom is 0.416 e. The zero-order valence-electron chi connectivity index (χ0n) is 7.45. The molecule has 88 valence electrons. The molecule has 0 N–H and O–H groups in total. The summed E-state index contributed by atoms with van der Waals surface area (Å²) >= 11 is 0. The van der Waals surface area contributed by atoms with Gasteiger partial charge >= 0.3 is 6.18 Å². The van der Waals surface area contributed by atoms with Crippen molar-refractivity contribution in [3.63, 3.8) is 0 Å². The Morgan fingerprint density at radius 2 is 1.81 bits per heavy atom. The predicted molar refractivity (Wildman–Crippen MR) is 50.5 cm³/mol. The molecular weight excluding hydrogens is 269 g/mol. The fraction of sp³-hybridized carbons (Fsp3) is 0.125. The minimum absolute atomic E-state index is 0.433. The monoisotopic (exact) mass is 272 g/mol. The second-order valence-corrected chi connectivity index (χ2v) is 5.27. The summed E-state index contributed by atoms with van der Waals surface area (Å²) in [6.45, 7) is 0. The van der Waals surface area contributed by atoms with Crippen molar-refractivity contribution in [1.82, 2.24) is 0 Å². The molecule has 0 atom stereocenters. The average Bonchev–Trinajstić information content (AvgIpc) is 2.14. The summed E-state index contributed by atoms with van der Waals surface area (Å²) in [5.74, 6) is 0. The molecule has 0 amide bonds. The Morgan fingerprint density at radius 3 is 2.25 bits per heavy atom.